The fraction of sp³-hybridized carbons (Fsp3) is 0.231. The maximum absolute atomic E-state index is 11.6. The molecule has 0 saturated carbocycles. The van der Waals surface area contributed by atoms with Crippen molar-refractivity contribution < 1.29 is 19.1 Å². The van der Waals surface area contributed by atoms with Crippen LogP contribution in [0.25, 0.3) is 0 Å². The van der Waals surface area contributed by atoms with Gasteiger partial charge in [0.05, 0.1) is 12.7 Å². The van der Waals surface area contributed by atoms with E-state index in [1.165, 1.54) is 45.5 Å². The van der Waals surface area contributed by atoms with E-state index in [0.717, 1.165) is 0 Å². The highest BCUT2D eigenvalue weighted by Gasteiger charge is 2.11. The van der Waals surface area contributed by atoms with Gasteiger partial charge in [0.15, 0.2) is 0 Å². The summed E-state index contributed by atoms with van der Waals surface area (Å²) >= 11 is 0. The average molecular weight is 262 g/mol. The number of nitrogens with zero attached hydrogens (tertiary/aromatic N) is 1. The van der Waals surface area contributed by atoms with Gasteiger partial charge in [-0.1, -0.05) is 0 Å². The standard InChI is InChI=1S/C13H14N2O4/c1-8(16)15-7-9-4-10(12(17)14-2)6-11(5-9)13(18)19-3/h4-7H,1-3H3,(H,14,17). The number of hydrogen-bond acceptors (Lipinski definition) is 4. The Morgan fingerprint density at radius 2 is 1.84 bits per heavy atom. The Labute approximate surface area is 110 Å². The zero-order valence-electron chi connectivity index (χ0n) is 10.9. The van der Waals surface area contributed by atoms with Crippen LogP contribution in [0.4, 0.5) is 0 Å². The van der Waals surface area contributed by atoms with Gasteiger partial charge < -0.3 is 10.1 Å². The summed E-state index contributed by atoms with van der Waals surface area (Å²) in [7, 11) is 2.73. The number of carbonyl (C=O) groups excluding carboxylic acids is 3. The maximum atomic E-state index is 11.6. The molecule has 1 N–H and O–H groups in total. The molecule has 1 aromatic carbocycles. The first-order chi connectivity index (χ1) is 8.97. The van der Waals surface area contributed by atoms with Crippen molar-refractivity contribution in [1.29, 1.82) is 0 Å². The molecule has 0 bridgehead atoms. The number of benzene rings is 1. The van der Waals surface area contributed by atoms with Gasteiger partial charge in [-0.25, -0.2) is 9.79 Å². The monoisotopic (exact) mass is 262 g/mol. The Morgan fingerprint density at radius 1 is 1.21 bits per heavy atom. The van der Waals surface area contributed by atoms with Crippen LogP contribution in [0.2, 0.25) is 0 Å². The zero-order chi connectivity index (χ0) is 14.4. The molecule has 2 amide bonds. The van der Waals surface area contributed by atoms with Crippen LogP contribution in [0.3, 0.4) is 0 Å². The topological polar surface area (TPSA) is 84.8 Å². The largest absolute Gasteiger partial charge is 0.465 e. The Hall–Kier alpha value is -2.50. The van der Waals surface area contributed by atoms with Crippen LogP contribution in [-0.2, 0) is 9.53 Å². The number of aliphatic imine (C=N–C) groups is 1. The quantitative estimate of drug-likeness (QED) is 0.645. The van der Waals surface area contributed by atoms with E-state index in [1.807, 2.05) is 0 Å². The van der Waals surface area contributed by atoms with Gasteiger partial charge in [-0.15, -0.1) is 0 Å². The molecule has 0 radical (unpaired) electrons. The Balaban J connectivity index is 3.27. The Kier molecular flexibility index (Phi) is 4.93. The van der Waals surface area contributed by atoms with Gasteiger partial charge >= 0.3 is 5.97 Å². The van der Waals surface area contributed by atoms with Crippen LogP contribution in [0.15, 0.2) is 23.2 Å². The summed E-state index contributed by atoms with van der Waals surface area (Å²) in [5, 5.41) is 2.46. The first-order valence-corrected chi connectivity index (χ1v) is 5.48. The molecular formula is C13H14N2O4. The van der Waals surface area contributed by atoms with Crippen LogP contribution < -0.4 is 5.32 Å². The lowest BCUT2D eigenvalue weighted by Gasteiger charge is -2.05. The predicted octanol–water partition coefficient (Wildman–Crippen LogP) is 0.798. The minimum atomic E-state index is -0.566. The van der Waals surface area contributed by atoms with Crippen molar-refractivity contribution in [3.05, 3.63) is 34.9 Å². The highest BCUT2D eigenvalue weighted by Crippen LogP contribution is 2.10. The molecule has 1 aromatic rings. The van der Waals surface area contributed by atoms with Gasteiger partial charge in [-0.05, 0) is 23.8 Å². The summed E-state index contributed by atoms with van der Waals surface area (Å²) < 4.78 is 4.60. The number of hydrogen-bond donors (Lipinski definition) is 1. The summed E-state index contributed by atoms with van der Waals surface area (Å²) in [6, 6.07) is 4.43. The molecular weight excluding hydrogens is 248 g/mol. The van der Waals surface area contributed by atoms with Crippen molar-refractivity contribution in [3.8, 4) is 0 Å². The van der Waals surface area contributed by atoms with Crippen LogP contribution in [-0.4, -0.2) is 38.2 Å². The molecule has 0 atom stereocenters. The highest BCUT2D eigenvalue weighted by atomic mass is 16.5. The molecule has 100 valence electrons. The first-order valence-electron chi connectivity index (χ1n) is 5.48. The fourth-order valence-corrected chi connectivity index (χ4v) is 1.40. The van der Waals surface area contributed by atoms with E-state index >= 15 is 0 Å². The number of ether oxygens (including phenoxy) is 1. The first kappa shape index (κ1) is 14.6. The number of rotatable bonds is 3. The average Bonchev–Trinajstić information content (AvgIpc) is 2.42. The molecule has 0 heterocycles. The molecule has 6 heteroatoms. The van der Waals surface area contributed by atoms with Gasteiger partial charge in [0.25, 0.3) is 5.91 Å². The number of amides is 2. The second kappa shape index (κ2) is 6.44. The smallest absolute Gasteiger partial charge is 0.337 e. The molecule has 0 aliphatic heterocycles. The summed E-state index contributed by atoms with van der Waals surface area (Å²) in [6.45, 7) is 1.31. The van der Waals surface area contributed by atoms with Crippen molar-refractivity contribution in [2.24, 2.45) is 4.99 Å². The molecule has 0 aliphatic carbocycles. The maximum Gasteiger partial charge on any atom is 0.337 e. The Bertz CT molecular complexity index is 515. The van der Waals surface area contributed by atoms with Crippen LogP contribution in [0, 0.1) is 0 Å². The summed E-state index contributed by atoms with van der Waals surface area (Å²) in [5.74, 6) is -1.28. The molecule has 0 fully saturated rings. The van der Waals surface area contributed by atoms with E-state index in [1.54, 1.807) is 0 Å². The van der Waals surface area contributed by atoms with E-state index in [-0.39, 0.29) is 22.9 Å². The van der Waals surface area contributed by atoms with Crippen LogP contribution in [0.1, 0.15) is 33.2 Å². The SMILES string of the molecule is CNC(=O)c1cc(C=NC(C)=O)cc(C(=O)OC)c1. The third-order valence-corrected chi connectivity index (χ3v) is 2.26. The van der Waals surface area contributed by atoms with Gasteiger partial charge in [-0.3, -0.25) is 9.59 Å². The van der Waals surface area contributed by atoms with Gasteiger partial charge in [0.2, 0.25) is 5.91 Å². The van der Waals surface area contributed by atoms with Crippen molar-refractivity contribution in [2.75, 3.05) is 14.2 Å². The second-order valence-electron chi connectivity index (χ2n) is 3.69. The van der Waals surface area contributed by atoms with Gasteiger partial charge in [-0.2, -0.15) is 0 Å². The summed E-state index contributed by atoms with van der Waals surface area (Å²) in [5.41, 5.74) is 0.973. The van der Waals surface area contributed by atoms with Gasteiger partial charge in [0, 0.05) is 25.7 Å². The second-order valence-corrected chi connectivity index (χ2v) is 3.69. The lowest BCUT2D eigenvalue weighted by atomic mass is 10.1. The molecule has 0 aliphatic rings. The molecule has 6 nitrogen and oxygen atoms in total. The van der Waals surface area contributed by atoms with Crippen LogP contribution in [0.5, 0.6) is 0 Å². The van der Waals surface area contributed by atoms with E-state index in [9.17, 15) is 14.4 Å². The molecule has 0 spiro atoms. The fourth-order valence-electron chi connectivity index (χ4n) is 1.40. The number of nitrogens with one attached hydrogen (secondary N) is 1. The molecule has 1 rings (SSSR count). The summed E-state index contributed by atoms with van der Waals surface area (Å²) in [6.07, 6.45) is 1.29. The van der Waals surface area contributed by atoms with Crippen molar-refractivity contribution in [3.63, 3.8) is 0 Å². The zero-order valence-corrected chi connectivity index (χ0v) is 10.9. The minimum Gasteiger partial charge on any atom is -0.465 e. The molecule has 19 heavy (non-hydrogen) atoms. The number of carbonyl (C=O) groups is 3. The third-order valence-electron chi connectivity index (χ3n) is 2.26. The van der Waals surface area contributed by atoms with Crippen molar-refractivity contribution >= 4 is 24.0 Å². The highest BCUT2D eigenvalue weighted by molar-refractivity contribution is 6.01. The Morgan fingerprint density at radius 3 is 2.37 bits per heavy atom. The lowest BCUT2D eigenvalue weighted by molar-refractivity contribution is -0.115. The predicted molar refractivity (Wildman–Crippen MR) is 69.4 cm³/mol. The third kappa shape index (κ3) is 4.02. The molecule has 0 saturated heterocycles. The van der Waals surface area contributed by atoms with Crippen LogP contribution >= 0.6 is 0 Å². The number of esters is 1. The minimum absolute atomic E-state index is 0.216. The van der Waals surface area contributed by atoms with Crippen molar-refractivity contribution in [1.82, 2.24) is 5.32 Å². The van der Waals surface area contributed by atoms with E-state index in [2.05, 4.69) is 15.0 Å². The van der Waals surface area contributed by atoms with Gasteiger partial charge in [0.1, 0.15) is 0 Å². The lowest BCUT2D eigenvalue weighted by Crippen LogP contribution is -2.19. The van der Waals surface area contributed by atoms with E-state index in [0.29, 0.717) is 5.56 Å². The normalized spacial score (nSPS) is 10.3. The number of methoxy groups -OCH3 is 1. The van der Waals surface area contributed by atoms with E-state index < -0.39 is 5.97 Å². The molecule has 0 aromatic heterocycles. The van der Waals surface area contributed by atoms with E-state index in [4.69, 9.17) is 0 Å². The summed E-state index contributed by atoms with van der Waals surface area (Å²) in [4.78, 5) is 37.5. The molecule has 0 unspecified atom stereocenters. The van der Waals surface area contributed by atoms with Crippen molar-refractivity contribution in [2.45, 2.75) is 6.92 Å².